The normalized spacial score (nSPS) is 11.8. The summed E-state index contributed by atoms with van der Waals surface area (Å²) in [6, 6.07) is 41.5. The summed E-state index contributed by atoms with van der Waals surface area (Å²) in [7, 11) is 0. The maximum Gasteiger partial charge on any atom is 0.0650 e. The Labute approximate surface area is 215 Å². The molecule has 182 valence electrons. The zero-order chi connectivity index (χ0) is 25.0. The Morgan fingerprint density at radius 1 is 0.472 bits per heavy atom. The predicted octanol–water partition coefficient (Wildman–Crippen LogP) is 7.63. The van der Waals surface area contributed by atoms with Crippen molar-refractivity contribution in [3.05, 3.63) is 132 Å². The summed E-state index contributed by atoms with van der Waals surface area (Å²) in [5.74, 6) is 0. The molecule has 0 spiro atoms. The highest BCUT2D eigenvalue weighted by atomic mass is 15.5. The van der Waals surface area contributed by atoms with Crippen molar-refractivity contribution < 1.29 is 0 Å². The minimum atomic E-state index is 0.832. The lowest BCUT2D eigenvalue weighted by Crippen LogP contribution is -2.23. The van der Waals surface area contributed by atoms with E-state index in [1.807, 2.05) is 24.3 Å². The average molecular weight is 475 g/mol. The third kappa shape index (κ3) is 7.16. The minimum Gasteiger partial charge on any atom is -0.265 e. The monoisotopic (exact) mass is 474 g/mol. The molecule has 0 saturated carbocycles. The lowest BCUT2D eigenvalue weighted by atomic mass is 10.1. The molecule has 0 fully saturated rings. The van der Waals surface area contributed by atoms with Crippen LogP contribution in [0.4, 0.5) is 11.4 Å². The van der Waals surface area contributed by atoms with Gasteiger partial charge in [-0.2, -0.15) is 10.2 Å². The molecule has 0 atom stereocenters. The number of hydrogen-bond donors (Lipinski definition) is 0. The van der Waals surface area contributed by atoms with Crippen LogP contribution in [0.1, 0.15) is 37.8 Å². The van der Waals surface area contributed by atoms with E-state index >= 15 is 0 Å². The zero-order valence-corrected chi connectivity index (χ0v) is 21.2. The predicted molar refractivity (Wildman–Crippen MR) is 154 cm³/mol. The fourth-order valence-electron chi connectivity index (χ4n) is 4.03. The van der Waals surface area contributed by atoms with Crippen molar-refractivity contribution in [2.75, 3.05) is 23.1 Å². The largest absolute Gasteiger partial charge is 0.265 e. The van der Waals surface area contributed by atoms with Crippen molar-refractivity contribution in [2.24, 2.45) is 10.2 Å². The Morgan fingerprint density at radius 2 is 0.778 bits per heavy atom. The number of para-hydroxylation sites is 2. The number of anilines is 2. The van der Waals surface area contributed by atoms with Crippen molar-refractivity contribution in [2.45, 2.75) is 26.7 Å². The molecule has 0 saturated heterocycles. The van der Waals surface area contributed by atoms with Crippen LogP contribution in [0.3, 0.4) is 0 Å². The summed E-state index contributed by atoms with van der Waals surface area (Å²) in [5.41, 5.74) is 6.50. The van der Waals surface area contributed by atoms with E-state index in [1.54, 1.807) is 0 Å². The van der Waals surface area contributed by atoms with Crippen molar-refractivity contribution in [1.29, 1.82) is 0 Å². The van der Waals surface area contributed by atoms with E-state index in [0.29, 0.717) is 0 Å². The van der Waals surface area contributed by atoms with Crippen LogP contribution in [-0.2, 0) is 0 Å². The van der Waals surface area contributed by atoms with Gasteiger partial charge in [-0.25, -0.2) is 0 Å². The number of hydrazone groups is 2. The van der Waals surface area contributed by atoms with Gasteiger partial charge in [0.2, 0.25) is 0 Å². The quantitative estimate of drug-likeness (QED) is 0.127. The molecule has 0 aliphatic carbocycles. The standard InChI is InChI=1S/C32H34N4/c1-27(29-17-7-3-8-18-29)33-35(31-21-11-5-12-22-31)25-15-16-26-36(32-23-13-6-14-24-32)34-28(2)30-19-9-4-10-20-30/h3-14,17-24H,15-16,25-26H2,1-2H3/b33-27-,34-28+. The Bertz CT molecular complexity index is 1140. The van der Waals surface area contributed by atoms with Gasteiger partial charge in [0.25, 0.3) is 0 Å². The first-order valence-corrected chi connectivity index (χ1v) is 12.6. The minimum absolute atomic E-state index is 0.832. The van der Waals surface area contributed by atoms with Crippen molar-refractivity contribution in [3.8, 4) is 0 Å². The second-order valence-electron chi connectivity index (χ2n) is 8.73. The number of rotatable bonds is 11. The van der Waals surface area contributed by atoms with Gasteiger partial charge in [0.05, 0.1) is 22.8 Å². The Kier molecular flexibility index (Phi) is 9.04. The molecular weight excluding hydrogens is 440 g/mol. The smallest absolute Gasteiger partial charge is 0.0650 e. The van der Waals surface area contributed by atoms with Gasteiger partial charge < -0.3 is 0 Å². The molecule has 4 nitrogen and oxygen atoms in total. The van der Waals surface area contributed by atoms with E-state index in [0.717, 1.165) is 59.9 Å². The molecule has 4 rings (SSSR count). The number of benzene rings is 4. The summed E-state index contributed by atoms with van der Waals surface area (Å²) < 4.78 is 0. The first-order chi connectivity index (χ1) is 17.7. The second kappa shape index (κ2) is 13.1. The molecule has 0 N–H and O–H groups in total. The van der Waals surface area contributed by atoms with Crippen LogP contribution < -0.4 is 10.0 Å². The zero-order valence-electron chi connectivity index (χ0n) is 21.2. The van der Waals surface area contributed by atoms with Crippen LogP contribution in [0, 0.1) is 0 Å². The van der Waals surface area contributed by atoms with Gasteiger partial charge in [-0.05, 0) is 62.1 Å². The lowest BCUT2D eigenvalue weighted by Gasteiger charge is -2.23. The summed E-state index contributed by atoms with van der Waals surface area (Å²) >= 11 is 0. The number of hydrogen-bond acceptors (Lipinski definition) is 4. The second-order valence-corrected chi connectivity index (χ2v) is 8.73. The highest BCUT2D eigenvalue weighted by molar-refractivity contribution is 5.99. The molecule has 0 radical (unpaired) electrons. The van der Waals surface area contributed by atoms with Gasteiger partial charge in [0, 0.05) is 13.1 Å². The molecule has 36 heavy (non-hydrogen) atoms. The highest BCUT2D eigenvalue weighted by Crippen LogP contribution is 2.19. The molecule has 4 aromatic rings. The van der Waals surface area contributed by atoms with Crippen LogP contribution in [0.2, 0.25) is 0 Å². The average Bonchev–Trinajstić information content (AvgIpc) is 2.95. The molecule has 0 aromatic heterocycles. The molecule has 4 aromatic carbocycles. The number of nitrogens with zero attached hydrogens (tertiary/aromatic N) is 4. The fourth-order valence-corrected chi connectivity index (χ4v) is 4.03. The topological polar surface area (TPSA) is 31.2 Å². The third-order valence-corrected chi connectivity index (χ3v) is 6.02. The van der Waals surface area contributed by atoms with Crippen LogP contribution in [0.15, 0.2) is 132 Å². The van der Waals surface area contributed by atoms with Crippen LogP contribution in [-0.4, -0.2) is 24.5 Å². The first-order valence-electron chi connectivity index (χ1n) is 12.6. The van der Waals surface area contributed by atoms with E-state index in [1.165, 1.54) is 0 Å². The van der Waals surface area contributed by atoms with Crippen LogP contribution in [0.25, 0.3) is 0 Å². The maximum absolute atomic E-state index is 4.99. The number of unbranched alkanes of at least 4 members (excludes halogenated alkanes) is 1. The molecule has 0 aliphatic rings. The summed E-state index contributed by atoms with van der Waals surface area (Å²) in [4.78, 5) is 0. The van der Waals surface area contributed by atoms with Gasteiger partial charge >= 0.3 is 0 Å². The molecule has 0 aliphatic heterocycles. The Hall–Kier alpha value is -4.18. The Balaban J connectivity index is 1.46. The maximum atomic E-state index is 4.99. The van der Waals surface area contributed by atoms with Crippen LogP contribution in [0.5, 0.6) is 0 Å². The van der Waals surface area contributed by atoms with E-state index in [4.69, 9.17) is 10.2 Å². The van der Waals surface area contributed by atoms with Gasteiger partial charge in [0.15, 0.2) is 0 Å². The van der Waals surface area contributed by atoms with Gasteiger partial charge in [-0.15, -0.1) is 0 Å². The molecule has 4 heteroatoms. The van der Waals surface area contributed by atoms with Gasteiger partial charge in [-0.1, -0.05) is 97.1 Å². The molecule has 0 unspecified atom stereocenters. The summed E-state index contributed by atoms with van der Waals surface area (Å²) in [5, 5.41) is 14.2. The Morgan fingerprint density at radius 3 is 1.11 bits per heavy atom. The highest BCUT2D eigenvalue weighted by Gasteiger charge is 2.10. The van der Waals surface area contributed by atoms with Crippen molar-refractivity contribution in [1.82, 2.24) is 0 Å². The SMILES string of the molecule is C/C(=N/N(CCCCN(/N=C(\C)c1ccccc1)c1ccccc1)c1ccccc1)c1ccccc1. The summed E-state index contributed by atoms with van der Waals surface area (Å²) in [6.45, 7) is 5.81. The van der Waals surface area contributed by atoms with Gasteiger partial charge in [0.1, 0.15) is 0 Å². The van der Waals surface area contributed by atoms with E-state index < -0.39 is 0 Å². The van der Waals surface area contributed by atoms with E-state index in [2.05, 4.69) is 121 Å². The first kappa shape index (κ1) is 24.9. The fraction of sp³-hybridized carbons (Fsp3) is 0.188. The van der Waals surface area contributed by atoms with Crippen molar-refractivity contribution in [3.63, 3.8) is 0 Å². The molecular formula is C32H34N4. The van der Waals surface area contributed by atoms with Gasteiger partial charge in [-0.3, -0.25) is 10.0 Å². The van der Waals surface area contributed by atoms with E-state index in [-0.39, 0.29) is 0 Å². The third-order valence-electron chi connectivity index (χ3n) is 6.02. The van der Waals surface area contributed by atoms with E-state index in [9.17, 15) is 0 Å². The molecule has 0 bridgehead atoms. The van der Waals surface area contributed by atoms with Crippen LogP contribution >= 0.6 is 0 Å². The summed E-state index contributed by atoms with van der Waals surface area (Å²) in [6.07, 6.45) is 1.98. The lowest BCUT2D eigenvalue weighted by molar-refractivity contribution is 0.680. The molecule has 0 amide bonds. The van der Waals surface area contributed by atoms with Crippen molar-refractivity contribution >= 4 is 22.8 Å². The molecule has 0 heterocycles.